The molecule has 0 spiro atoms. The molecule has 0 radical (unpaired) electrons. The predicted octanol–water partition coefficient (Wildman–Crippen LogP) is 2.81. The van der Waals surface area contributed by atoms with Crippen LogP contribution in [0.5, 0.6) is 5.75 Å². The van der Waals surface area contributed by atoms with Gasteiger partial charge in [0.15, 0.2) is 0 Å². The van der Waals surface area contributed by atoms with E-state index in [2.05, 4.69) is 36.3 Å². The highest BCUT2D eigenvalue weighted by molar-refractivity contribution is 5.36. The Hall–Kier alpha value is -1.81. The second-order valence-electron chi connectivity index (χ2n) is 5.03. The van der Waals surface area contributed by atoms with Crippen LogP contribution in [0.1, 0.15) is 30.3 Å². The number of aromatic nitrogens is 2. The zero-order chi connectivity index (χ0) is 14.4. The van der Waals surface area contributed by atoms with E-state index in [9.17, 15) is 0 Å². The van der Waals surface area contributed by atoms with E-state index < -0.39 is 0 Å². The first-order chi connectivity index (χ1) is 9.70. The van der Waals surface area contributed by atoms with Gasteiger partial charge in [-0.3, -0.25) is 0 Å². The lowest BCUT2D eigenvalue weighted by Crippen LogP contribution is -2.15. The molecule has 0 atom stereocenters. The van der Waals surface area contributed by atoms with Crippen molar-refractivity contribution in [3.05, 3.63) is 47.5 Å². The molecule has 0 aliphatic carbocycles. The number of hydrogen-bond acceptors (Lipinski definition) is 3. The van der Waals surface area contributed by atoms with Gasteiger partial charge in [0.05, 0.1) is 0 Å². The summed E-state index contributed by atoms with van der Waals surface area (Å²) in [7, 11) is 1.98. The maximum Gasteiger partial charge on any atom is 0.146 e. The average molecular weight is 273 g/mol. The van der Waals surface area contributed by atoms with Crippen LogP contribution < -0.4 is 10.1 Å². The molecule has 1 heterocycles. The number of imidazole rings is 1. The Labute approximate surface area is 120 Å². The topological polar surface area (TPSA) is 39.1 Å². The van der Waals surface area contributed by atoms with E-state index in [1.165, 1.54) is 11.1 Å². The van der Waals surface area contributed by atoms with Crippen LogP contribution in [-0.4, -0.2) is 16.1 Å². The van der Waals surface area contributed by atoms with Crippen LogP contribution >= 0.6 is 0 Å². The molecule has 0 unspecified atom stereocenters. The minimum atomic E-state index is 0.493. The van der Waals surface area contributed by atoms with E-state index in [-0.39, 0.29) is 0 Å². The van der Waals surface area contributed by atoms with Gasteiger partial charge >= 0.3 is 0 Å². The quantitative estimate of drug-likeness (QED) is 0.788. The predicted molar refractivity (Wildman–Crippen MR) is 80.7 cm³/mol. The fourth-order valence-electron chi connectivity index (χ4n) is 2.06. The molecule has 0 amide bonds. The molecule has 20 heavy (non-hydrogen) atoms. The minimum absolute atomic E-state index is 0.493. The SMILES string of the molecule is CCCNCc1cc(C)ccc1OCc1nccn1C. The molecule has 4 heteroatoms. The summed E-state index contributed by atoms with van der Waals surface area (Å²) >= 11 is 0. The summed E-state index contributed by atoms with van der Waals surface area (Å²) in [5.74, 6) is 1.86. The van der Waals surface area contributed by atoms with Crippen LogP contribution in [0.25, 0.3) is 0 Å². The van der Waals surface area contributed by atoms with E-state index >= 15 is 0 Å². The molecule has 4 nitrogen and oxygen atoms in total. The zero-order valence-corrected chi connectivity index (χ0v) is 12.5. The number of rotatable bonds is 7. The van der Waals surface area contributed by atoms with Gasteiger partial charge in [0.2, 0.25) is 0 Å². The maximum atomic E-state index is 5.92. The molecule has 2 aromatic rings. The molecular formula is C16H23N3O. The maximum absolute atomic E-state index is 5.92. The van der Waals surface area contributed by atoms with Gasteiger partial charge in [0, 0.05) is 31.5 Å². The lowest BCUT2D eigenvalue weighted by molar-refractivity contribution is 0.288. The van der Waals surface area contributed by atoms with Gasteiger partial charge in [0.25, 0.3) is 0 Å². The number of nitrogens with one attached hydrogen (secondary N) is 1. The van der Waals surface area contributed by atoms with Gasteiger partial charge in [-0.2, -0.15) is 0 Å². The molecule has 0 aliphatic heterocycles. The zero-order valence-electron chi connectivity index (χ0n) is 12.5. The smallest absolute Gasteiger partial charge is 0.146 e. The molecule has 1 aromatic carbocycles. The molecule has 1 N–H and O–H groups in total. The molecule has 2 rings (SSSR count). The standard InChI is InChI=1S/C16H23N3O/c1-4-7-17-11-14-10-13(2)5-6-15(14)20-12-16-18-8-9-19(16)3/h5-6,8-10,17H,4,7,11-12H2,1-3H3. The van der Waals surface area contributed by atoms with Crippen LogP contribution in [0.3, 0.4) is 0 Å². The Bertz CT molecular complexity index is 548. The van der Waals surface area contributed by atoms with Gasteiger partial charge in [-0.15, -0.1) is 0 Å². The first kappa shape index (κ1) is 14.6. The first-order valence-corrected chi connectivity index (χ1v) is 7.10. The van der Waals surface area contributed by atoms with Crippen molar-refractivity contribution >= 4 is 0 Å². The first-order valence-electron chi connectivity index (χ1n) is 7.10. The lowest BCUT2D eigenvalue weighted by atomic mass is 10.1. The summed E-state index contributed by atoms with van der Waals surface area (Å²) in [6, 6.07) is 6.30. The molecule has 0 saturated heterocycles. The largest absolute Gasteiger partial charge is 0.485 e. The Morgan fingerprint density at radius 2 is 2.20 bits per heavy atom. The number of aryl methyl sites for hydroxylation is 2. The van der Waals surface area contributed by atoms with Crippen LogP contribution in [0.4, 0.5) is 0 Å². The van der Waals surface area contributed by atoms with Crippen molar-refractivity contribution in [2.45, 2.75) is 33.4 Å². The molecule has 0 bridgehead atoms. The summed E-state index contributed by atoms with van der Waals surface area (Å²) in [5, 5.41) is 3.42. The van der Waals surface area contributed by atoms with Gasteiger partial charge in [0.1, 0.15) is 18.2 Å². The molecule has 108 valence electrons. The van der Waals surface area contributed by atoms with Crippen molar-refractivity contribution in [2.75, 3.05) is 6.54 Å². The number of ether oxygens (including phenoxy) is 1. The number of hydrogen-bond donors (Lipinski definition) is 1. The van der Waals surface area contributed by atoms with Crippen molar-refractivity contribution in [2.24, 2.45) is 7.05 Å². The molecule has 0 aliphatic rings. The third kappa shape index (κ3) is 3.84. The van der Waals surface area contributed by atoms with Crippen molar-refractivity contribution in [1.29, 1.82) is 0 Å². The van der Waals surface area contributed by atoms with Gasteiger partial charge in [-0.25, -0.2) is 4.98 Å². The van der Waals surface area contributed by atoms with Gasteiger partial charge in [-0.1, -0.05) is 24.6 Å². The lowest BCUT2D eigenvalue weighted by Gasteiger charge is -2.13. The van der Waals surface area contributed by atoms with Crippen molar-refractivity contribution in [3.63, 3.8) is 0 Å². The third-order valence-corrected chi connectivity index (χ3v) is 3.24. The van der Waals surface area contributed by atoms with Crippen LogP contribution in [-0.2, 0) is 20.2 Å². The Balaban J connectivity index is 2.04. The highest BCUT2D eigenvalue weighted by atomic mass is 16.5. The minimum Gasteiger partial charge on any atom is -0.485 e. The van der Waals surface area contributed by atoms with Crippen LogP contribution in [0.15, 0.2) is 30.6 Å². The van der Waals surface area contributed by atoms with E-state index in [1.54, 1.807) is 6.20 Å². The van der Waals surface area contributed by atoms with Gasteiger partial charge < -0.3 is 14.6 Å². The molecule has 0 fully saturated rings. The molecular weight excluding hydrogens is 250 g/mol. The normalized spacial score (nSPS) is 10.8. The monoisotopic (exact) mass is 273 g/mol. The van der Waals surface area contributed by atoms with Crippen LogP contribution in [0.2, 0.25) is 0 Å². The highest BCUT2D eigenvalue weighted by Crippen LogP contribution is 2.21. The Kier molecular flexibility index (Phi) is 5.18. The highest BCUT2D eigenvalue weighted by Gasteiger charge is 2.06. The third-order valence-electron chi connectivity index (χ3n) is 3.24. The van der Waals surface area contributed by atoms with E-state index in [1.807, 2.05) is 23.9 Å². The average Bonchev–Trinajstić information content (AvgIpc) is 2.84. The summed E-state index contributed by atoms with van der Waals surface area (Å²) in [4.78, 5) is 4.28. The fourth-order valence-corrected chi connectivity index (χ4v) is 2.06. The Morgan fingerprint density at radius 3 is 2.90 bits per heavy atom. The second-order valence-corrected chi connectivity index (χ2v) is 5.03. The van der Waals surface area contributed by atoms with Crippen LogP contribution in [0, 0.1) is 6.92 Å². The number of nitrogens with zero attached hydrogens (tertiary/aromatic N) is 2. The summed E-state index contributed by atoms with van der Waals surface area (Å²) in [6.07, 6.45) is 4.85. The van der Waals surface area contributed by atoms with E-state index in [4.69, 9.17) is 4.74 Å². The summed E-state index contributed by atoms with van der Waals surface area (Å²) < 4.78 is 7.90. The molecule has 0 saturated carbocycles. The van der Waals surface area contributed by atoms with Crippen molar-refractivity contribution < 1.29 is 4.74 Å². The van der Waals surface area contributed by atoms with Gasteiger partial charge in [-0.05, 0) is 26.0 Å². The summed E-state index contributed by atoms with van der Waals surface area (Å²) in [6.45, 7) is 6.62. The summed E-state index contributed by atoms with van der Waals surface area (Å²) in [5.41, 5.74) is 2.45. The molecule has 1 aromatic heterocycles. The fraction of sp³-hybridized carbons (Fsp3) is 0.438. The van der Waals surface area contributed by atoms with Crippen molar-refractivity contribution in [1.82, 2.24) is 14.9 Å². The Morgan fingerprint density at radius 1 is 1.35 bits per heavy atom. The second kappa shape index (κ2) is 7.10. The van der Waals surface area contributed by atoms with E-state index in [0.29, 0.717) is 6.61 Å². The number of benzene rings is 1. The van der Waals surface area contributed by atoms with Crippen molar-refractivity contribution in [3.8, 4) is 5.75 Å². The van der Waals surface area contributed by atoms with E-state index in [0.717, 1.165) is 31.1 Å².